The molecule has 0 radical (unpaired) electrons. The van der Waals surface area contributed by atoms with Gasteiger partial charge in [0.05, 0.1) is 4.90 Å². The lowest BCUT2D eigenvalue weighted by Crippen LogP contribution is -2.27. The van der Waals surface area contributed by atoms with Crippen LogP contribution in [0, 0.1) is 6.92 Å². The maximum atomic E-state index is 12.6. The van der Waals surface area contributed by atoms with E-state index in [1.54, 1.807) is 24.1 Å². The minimum absolute atomic E-state index is 0.114. The van der Waals surface area contributed by atoms with Crippen molar-refractivity contribution < 1.29 is 13.2 Å². The van der Waals surface area contributed by atoms with Gasteiger partial charge in [-0.1, -0.05) is 30.3 Å². The van der Waals surface area contributed by atoms with Gasteiger partial charge in [0.15, 0.2) is 0 Å². The summed E-state index contributed by atoms with van der Waals surface area (Å²) in [6, 6.07) is 14.0. The smallest absolute Gasteiger partial charge is 0.253 e. The van der Waals surface area contributed by atoms with Gasteiger partial charge in [-0.05, 0) is 36.2 Å². The fraction of sp³-hybridized carbons (Fsp3) is 0.278. The predicted molar refractivity (Wildman–Crippen MR) is 94.3 cm³/mol. The van der Waals surface area contributed by atoms with E-state index >= 15 is 0 Å². The van der Waals surface area contributed by atoms with Crippen molar-refractivity contribution in [2.75, 3.05) is 21.1 Å². The Kier molecular flexibility index (Phi) is 5.41. The summed E-state index contributed by atoms with van der Waals surface area (Å²) in [5.41, 5.74) is 2.53. The third-order valence-electron chi connectivity index (χ3n) is 3.88. The summed E-state index contributed by atoms with van der Waals surface area (Å²) in [6.07, 6.45) is 0. The number of amides is 1. The molecule has 2 aromatic carbocycles. The standard InChI is InChI=1S/C18H22N2O3S/c1-14-8-5-6-9-16(14)13-20(4)18(21)15-10-7-11-17(12-15)24(22,23)19(2)3/h5-12H,13H2,1-4H3. The van der Waals surface area contributed by atoms with Crippen LogP contribution in [0.25, 0.3) is 0 Å². The second-order valence-electron chi connectivity index (χ2n) is 5.90. The quantitative estimate of drug-likeness (QED) is 0.836. The maximum Gasteiger partial charge on any atom is 0.253 e. The summed E-state index contributed by atoms with van der Waals surface area (Å²) in [5, 5.41) is 0. The number of sulfonamides is 1. The second-order valence-corrected chi connectivity index (χ2v) is 8.05. The zero-order chi connectivity index (χ0) is 17.9. The van der Waals surface area contributed by atoms with E-state index in [1.165, 1.54) is 26.2 Å². The first-order valence-corrected chi connectivity index (χ1v) is 9.00. The molecule has 0 fully saturated rings. The summed E-state index contributed by atoms with van der Waals surface area (Å²) in [5.74, 6) is -0.214. The fourth-order valence-electron chi connectivity index (χ4n) is 2.34. The highest BCUT2D eigenvalue weighted by molar-refractivity contribution is 7.89. The molecule has 1 amide bonds. The Labute approximate surface area is 143 Å². The molecule has 6 heteroatoms. The van der Waals surface area contributed by atoms with Crippen LogP contribution in [0.4, 0.5) is 0 Å². The molecule has 5 nitrogen and oxygen atoms in total. The van der Waals surface area contributed by atoms with Crippen molar-refractivity contribution >= 4 is 15.9 Å². The zero-order valence-electron chi connectivity index (χ0n) is 14.4. The third-order valence-corrected chi connectivity index (χ3v) is 5.69. The van der Waals surface area contributed by atoms with Gasteiger partial charge in [0.1, 0.15) is 0 Å². The molecule has 0 heterocycles. The van der Waals surface area contributed by atoms with Crippen molar-refractivity contribution in [3.8, 4) is 0 Å². The van der Waals surface area contributed by atoms with Gasteiger partial charge in [-0.25, -0.2) is 12.7 Å². The van der Waals surface area contributed by atoms with Gasteiger partial charge in [-0.3, -0.25) is 4.79 Å². The number of nitrogens with zero attached hydrogens (tertiary/aromatic N) is 2. The van der Waals surface area contributed by atoms with Gasteiger partial charge in [-0.15, -0.1) is 0 Å². The maximum absolute atomic E-state index is 12.6. The number of rotatable bonds is 5. The molecular formula is C18H22N2O3S. The van der Waals surface area contributed by atoms with E-state index in [-0.39, 0.29) is 10.8 Å². The van der Waals surface area contributed by atoms with Crippen LogP contribution in [-0.2, 0) is 16.6 Å². The van der Waals surface area contributed by atoms with Crippen LogP contribution in [0.5, 0.6) is 0 Å². The van der Waals surface area contributed by atoms with Crippen LogP contribution >= 0.6 is 0 Å². The van der Waals surface area contributed by atoms with Gasteiger partial charge in [-0.2, -0.15) is 0 Å². The molecule has 0 aliphatic rings. The number of carbonyl (C=O) groups is 1. The Morgan fingerprint density at radius 2 is 1.67 bits per heavy atom. The fourth-order valence-corrected chi connectivity index (χ4v) is 3.28. The highest BCUT2D eigenvalue weighted by Gasteiger charge is 2.20. The second kappa shape index (κ2) is 7.15. The lowest BCUT2D eigenvalue weighted by atomic mass is 10.1. The Bertz CT molecular complexity index is 845. The summed E-state index contributed by atoms with van der Waals surface area (Å²) in [6.45, 7) is 2.47. The summed E-state index contributed by atoms with van der Waals surface area (Å²) >= 11 is 0. The predicted octanol–water partition coefficient (Wildman–Crippen LogP) is 2.52. The van der Waals surface area contributed by atoms with Gasteiger partial charge in [0.25, 0.3) is 5.91 Å². The van der Waals surface area contributed by atoms with Crippen LogP contribution < -0.4 is 0 Å². The number of benzene rings is 2. The molecule has 24 heavy (non-hydrogen) atoms. The van der Waals surface area contributed by atoms with Crippen molar-refractivity contribution in [3.05, 3.63) is 65.2 Å². The van der Waals surface area contributed by atoms with Gasteiger partial charge < -0.3 is 4.90 Å². The van der Waals surface area contributed by atoms with E-state index in [9.17, 15) is 13.2 Å². The minimum atomic E-state index is -3.56. The average molecular weight is 346 g/mol. The molecule has 0 unspecified atom stereocenters. The lowest BCUT2D eigenvalue weighted by Gasteiger charge is -2.19. The van der Waals surface area contributed by atoms with Crippen LogP contribution in [0.15, 0.2) is 53.4 Å². The van der Waals surface area contributed by atoms with E-state index in [0.717, 1.165) is 15.4 Å². The van der Waals surface area contributed by atoms with E-state index < -0.39 is 10.0 Å². The van der Waals surface area contributed by atoms with Crippen LogP contribution in [0.3, 0.4) is 0 Å². The molecule has 128 valence electrons. The summed E-state index contributed by atoms with van der Waals surface area (Å²) < 4.78 is 25.6. The molecule has 0 saturated heterocycles. The SMILES string of the molecule is Cc1ccccc1CN(C)C(=O)c1cccc(S(=O)(=O)N(C)C)c1. The van der Waals surface area contributed by atoms with Gasteiger partial charge >= 0.3 is 0 Å². The topological polar surface area (TPSA) is 57.7 Å². The monoisotopic (exact) mass is 346 g/mol. The van der Waals surface area contributed by atoms with Crippen LogP contribution in [-0.4, -0.2) is 44.7 Å². The third kappa shape index (κ3) is 3.83. The molecule has 2 aromatic rings. The average Bonchev–Trinajstić information content (AvgIpc) is 2.56. The Hall–Kier alpha value is -2.18. The molecule has 2 rings (SSSR count). The van der Waals surface area contributed by atoms with Gasteiger partial charge in [0, 0.05) is 33.3 Å². The Morgan fingerprint density at radius 3 is 2.29 bits per heavy atom. The van der Waals surface area contributed by atoms with E-state index in [0.29, 0.717) is 12.1 Å². The zero-order valence-corrected chi connectivity index (χ0v) is 15.2. The molecule has 0 aliphatic carbocycles. The molecule has 0 bridgehead atoms. The normalized spacial score (nSPS) is 11.5. The van der Waals surface area contributed by atoms with Crippen molar-refractivity contribution in [1.82, 2.24) is 9.21 Å². The molecular weight excluding hydrogens is 324 g/mol. The van der Waals surface area contributed by atoms with Crippen molar-refractivity contribution in [2.45, 2.75) is 18.4 Å². The Morgan fingerprint density at radius 1 is 1.00 bits per heavy atom. The van der Waals surface area contributed by atoms with E-state index in [1.807, 2.05) is 31.2 Å². The number of aryl methyl sites for hydroxylation is 1. The van der Waals surface area contributed by atoms with Gasteiger partial charge in [0.2, 0.25) is 10.0 Å². The molecule has 0 aromatic heterocycles. The van der Waals surface area contributed by atoms with Crippen molar-refractivity contribution in [1.29, 1.82) is 0 Å². The largest absolute Gasteiger partial charge is 0.337 e. The number of hydrogen-bond acceptors (Lipinski definition) is 3. The van der Waals surface area contributed by atoms with E-state index in [2.05, 4.69) is 0 Å². The van der Waals surface area contributed by atoms with E-state index in [4.69, 9.17) is 0 Å². The summed E-state index contributed by atoms with van der Waals surface area (Å²) in [7, 11) is 1.08. The van der Waals surface area contributed by atoms with Crippen molar-refractivity contribution in [3.63, 3.8) is 0 Å². The first-order chi connectivity index (χ1) is 11.2. The molecule has 0 atom stereocenters. The number of hydrogen-bond donors (Lipinski definition) is 0. The molecule has 0 saturated carbocycles. The summed E-state index contributed by atoms with van der Waals surface area (Å²) in [4.78, 5) is 14.3. The van der Waals surface area contributed by atoms with Crippen LogP contribution in [0.2, 0.25) is 0 Å². The first-order valence-electron chi connectivity index (χ1n) is 7.56. The highest BCUT2D eigenvalue weighted by atomic mass is 32.2. The minimum Gasteiger partial charge on any atom is -0.337 e. The Balaban J connectivity index is 2.25. The van der Waals surface area contributed by atoms with Crippen molar-refractivity contribution in [2.24, 2.45) is 0 Å². The molecule has 0 spiro atoms. The molecule has 0 N–H and O–H groups in total. The first kappa shape index (κ1) is 18.2. The highest BCUT2D eigenvalue weighted by Crippen LogP contribution is 2.17. The van der Waals surface area contributed by atoms with Crippen LogP contribution in [0.1, 0.15) is 21.5 Å². The lowest BCUT2D eigenvalue weighted by molar-refractivity contribution is 0.0784. The number of carbonyl (C=O) groups excluding carboxylic acids is 1. The molecule has 0 aliphatic heterocycles.